The molecule has 1 aliphatic carbocycles. The molecule has 4 aliphatic rings. The summed E-state index contributed by atoms with van der Waals surface area (Å²) in [6, 6.07) is 6.69. The predicted molar refractivity (Wildman–Crippen MR) is 141 cm³/mol. The minimum absolute atomic E-state index is 0.178. The number of hydrogen-bond acceptors (Lipinski definition) is 5. The molecule has 1 spiro atoms. The van der Waals surface area contributed by atoms with Gasteiger partial charge in [-0.15, -0.1) is 0 Å². The van der Waals surface area contributed by atoms with Crippen LogP contribution in [0.4, 0.5) is 4.39 Å². The van der Waals surface area contributed by atoms with E-state index in [9.17, 15) is 0 Å². The van der Waals surface area contributed by atoms with Gasteiger partial charge in [0.1, 0.15) is 7.11 Å². The number of nitrogens with zero attached hydrogens (tertiary/aromatic N) is 3. The maximum Gasteiger partial charge on any atom is 0.152 e. The highest BCUT2D eigenvalue weighted by Gasteiger charge is 2.44. The Morgan fingerprint density at radius 3 is 2.63 bits per heavy atom. The molecule has 5 rings (SSSR count). The summed E-state index contributed by atoms with van der Waals surface area (Å²) in [6.45, 7) is 13.3. The quantitative estimate of drug-likeness (QED) is 0.618. The summed E-state index contributed by atoms with van der Waals surface area (Å²) >= 11 is 0. The van der Waals surface area contributed by atoms with Crippen molar-refractivity contribution in [1.29, 1.82) is 0 Å². The van der Waals surface area contributed by atoms with E-state index < -0.39 is 5.67 Å². The number of hydrogen-bond donors (Lipinski definition) is 1. The minimum atomic E-state index is -1.26. The number of nitrogens with one attached hydrogen (secondary N) is 1. The standard InChI is InChI=1S/C29H43FN4O/c1-22-6-7-25-18-28(19-27(32-35-3)26(25)17-22)8-15-34(16-9-28)23(2)29(30)10-13-33(14-11-29)21-24-5-4-12-31-20-24/h6-7,17,24,31H,2,4-5,8-16,18-21H2,1,3H3/b32-27+. The molecule has 192 valence electrons. The number of benzene rings is 1. The number of piperidine rings is 3. The largest absolute Gasteiger partial charge is 0.399 e. The van der Waals surface area contributed by atoms with Gasteiger partial charge in [-0.3, -0.25) is 0 Å². The lowest BCUT2D eigenvalue weighted by Crippen LogP contribution is -2.51. The second kappa shape index (κ2) is 10.2. The van der Waals surface area contributed by atoms with Crippen LogP contribution in [-0.2, 0) is 11.3 Å². The zero-order chi connectivity index (χ0) is 24.5. The van der Waals surface area contributed by atoms with E-state index in [0.717, 1.165) is 82.9 Å². The van der Waals surface area contributed by atoms with Crippen LogP contribution in [0.3, 0.4) is 0 Å². The van der Waals surface area contributed by atoms with E-state index >= 15 is 4.39 Å². The SMILES string of the molecule is C=C(N1CCC2(CC1)C/C(=N\OC)c1cc(C)ccc1C2)C1(F)CCN(CC2CCCNC2)CC1. The first-order chi connectivity index (χ1) is 16.9. The smallest absolute Gasteiger partial charge is 0.152 e. The molecule has 0 aromatic heterocycles. The molecule has 3 heterocycles. The molecule has 1 unspecified atom stereocenters. The fraction of sp³-hybridized carbons (Fsp3) is 0.690. The molecule has 0 amide bonds. The van der Waals surface area contributed by atoms with Crippen LogP contribution in [0.25, 0.3) is 0 Å². The van der Waals surface area contributed by atoms with Crippen molar-refractivity contribution >= 4 is 5.71 Å². The highest BCUT2D eigenvalue weighted by Crippen LogP contribution is 2.46. The van der Waals surface area contributed by atoms with Crippen molar-refractivity contribution in [2.24, 2.45) is 16.5 Å². The molecule has 6 heteroatoms. The molecule has 1 atom stereocenters. The number of likely N-dealkylation sites (tertiary alicyclic amines) is 2. The Hall–Kier alpha value is -1.92. The Bertz CT molecular complexity index is 938. The van der Waals surface area contributed by atoms with Crippen molar-refractivity contribution in [1.82, 2.24) is 15.1 Å². The van der Waals surface area contributed by atoms with Crippen molar-refractivity contribution in [3.63, 3.8) is 0 Å². The fourth-order valence-corrected chi connectivity index (χ4v) is 6.93. The summed E-state index contributed by atoms with van der Waals surface area (Å²) in [5.41, 5.74) is 4.57. The van der Waals surface area contributed by atoms with E-state index in [4.69, 9.17) is 4.84 Å². The monoisotopic (exact) mass is 482 g/mol. The summed E-state index contributed by atoms with van der Waals surface area (Å²) in [5.74, 6) is 0.716. The van der Waals surface area contributed by atoms with Crippen LogP contribution < -0.4 is 5.32 Å². The first-order valence-electron chi connectivity index (χ1n) is 13.7. The first kappa shape index (κ1) is 24.8. The van der Waals surface area contributed by atoms with E-state index in [2.05, 4.69) is 52.0 Å². The van der Waals surface area contributed by atoms with E-state index in [1.54, 1.807) is 7.11 Å². The molecule has 0 radical (unpaired) electrons. The summed E-state index contributed by atoms with van der Waals surface area (Å²) in [4.78, 5) is 9.96. The molecular formula is C29H43FN4O. The number of rotatable bonds is 5. The third-order valence-corrected chi connectivity index (χ3v) is 9.17. The Morgan fingerprint density at radius 1 is 1.17 bits per heavy atom. The van der Waals surface area contributed by atoms with Gasteiger partial charge in [0.05, 0.1) is 5.71 Å². The van der Waals surface area contributed by atoms with Gasteiger partial charge in [-0.2, -0.15) is 0 Å². The third kappa shape index (κ3) is 5.29. The minimum Gasteiger partial charge on any atom is -0.399 e. The van der Waals surface area contributed by atoms with Crippen LogP contribution in [0.1, 0.15) is 61.6 Å². The van der Waals surface area contributed by atoms with E-state index in [1.165, 1.54) is 29.5 Å². The molecule has 35 heavy (non-hydrogen) atoms. The summed E-state index contributed by atoms with van der Waals surface area (Å²) in [5, 5.41) is 7.93. The lowest BCUT2D eigenvalue weighted by Gasteiger charge is -2.48. The van der Waals surface area contributed by atoms with Gasteiger partial charge in [-0.25, -0.2) is 4.39 Å². The van der Waals surface area contributed by atoms with E-state index in [-0.39, 0.29) is 5.41 Å². The molecular weight excluding hydrogens is 439 g/mol. The molecule has 3 aliphatic heterocycles. The Morgan fingerprint density at radius 2 is 1.94 bits per heavy atom. The van der Waals surface area contributed by atoms with Gasteiger partial charge in [0.2, 0.25) is 0 Å². The maximum absolute atomic E-state index is 16.1. The average molecular weight is 483 g/mol. The van der Waals surface area contributed by atoms with Crippen LogP contribution in [0, 0.1) is 18.3 Å². The molecule has 1 aromatic rings. The van der Waals surface area contributed by atoms with Crippen molar-refractivity contribution in [2.45, 2.75) is 64.0 Å². The maximum atomic E-state index is 16.1. The molecule has 3 fully saturated rings. The number of halogens is 1. The molecule has 1 N–H and O–H groups in total. The van der Waals surface area contributed by atoms with Crippen LogP contribution in [0.15, 0.2) is 35.6 Å². The zero-order valence-electron chi connectivity index (χ0n) is 21.8. The number of aryl methyl sites for hydroxylation is 1. The Labute approximate surface area is 210 Å². The Kier molecular flexibility index (Phi) is 7.23. The van der Waals surface area contributed by atoms with Crippen LogP contribution in [0.2, 0.25) is 0 Å². The number of oxime groups is 1. The molecule has 0 bridgehead atoms. The lowest BCUT2D eigenvalue weighted by atomic mass is 9.65. The molecule has 5 nitrogen and oxygen atoms in total. The van der Waals surface area contributed by atoms with Crippen LogP contribution >= 0.6 is 0 Å². The van der Waals surface area contributed by atoms with Crippen LogP contribution in [0.5, 0.6) is 0 Å². The summed E-state index contributed by atoms with van der Waals surface area (Å²) in [7, 11) is 1.63. The topological polar surface area (TPSA) is 40.1 Å². The van der Waals surface area contributed by atoms with Gasteiger partial charge in [-0.05, 0) is 94.3 Å². The molecule has 1 aromatic carbocycles. The average Bonchev–Trinajstić information content (AvgIpc) is 2.87. The summed E-state index contributed by atoms with van der Waals surface area (Å²) in [6.07, 6.45) is 7.80. The fourth-order valence-electron chi connectivity index (χ4n) is 6.93. The van der Waals surface area contributed by atoms with Gasteiger partial charge in [-0.1, -0.05) is 29.4 Å². The highest BCUT2D eigenvalue weighted by molar-refractivity contribution is 6.03. The van der Waals surface area contributed by atoms with Gasteiger partial charge in [0.25, 0.3) is 0 Å². The summed E-state index contributed by atoms with van der Waals surface area (Å²) < 4.78 is 16.1. The highest BCUT2D eigenvalue weighted by atomic mass is 19.1. The van der Waals surface area contributed by atoms with Gasteiger partial charge in [0.15, 0.2) is 5.67 Å². The first-order valence-corrected chi connectivity index (χ1v) is 13.7. The van der Waals surface area contributed by atoms with Crippen molar-refractivity contribution in [3.8, 4) is 0 Å². The van der Waals surface area contributed by atoms with E-state index in [0.29, 0.717) is 18.8 Å². The second-order valence-corrected chi connectivity index (χ2v) is 11.6. The van der Waals surface area contributed by atoms with Gasteiger partial charge >= 0.3 is 0 Å². The lowest BCUT2D eigenvalue weighted by molar-refractivity contribution is 0.0374. The van der Waals surface area contributed by atoms with Crippen molar-refractivity contribution in [2.75, 3.05) is 52.9 Å². The second-order valence-electron chi connectivity index (χ2n) is 11.6. The molecule has 3 saturated heterocycles. The number of fused-ring (bicyclic) bond motifs is 1. The van der Waals surface area contributed by atoms with Crippen LogP contribution in [-0.4, -0.2) is 74.1 Å². The van der Waals surface area contributed by atoms with Crippen molar-refractivity contribution < 1.29 is 9.23 Å². The van der Waals surface area contributed by atoms with Gasteiger partial charge in [0, 0.05) is 44.0 Å². The third-order valence-electron chi connectivity index (χ3n) is 9.17. The van der Waals surface area contributed by atoms with Crippen molar-refractivity contribution in [3.05, 3.63) is 47.2 Å². The number of alkyl halides is 1. The number of allylic oxidation sites excluding steroid dienone is 1. The normalized spacial score (nSPS) is 27.6. The predicted octanol–water partition coefficient (Wildman–Crippen LogP) is 4.69. The van der Waals surface area contributed by atoms with E-state index in [1.807, 2.05) is 0 Å². The van der Waals surface area contributed by atoms with Gasteiger partial charge < -0.3 is 20.0 Å². The zero-order valence-corrected chi connectivity index (χ0v) is 21.8. The molecule has 0 saturated carbocycles. The Balaban J connectivity index is 1.18.